The van der Waals surface area contributed by atoms with Gasteiger partial charge in [-0.3, -0.25) is 0 Å². The van der Waals surface area contributed by atoms with Gasteiger partial charge in [0.1, 0.15) is 0 Å². The van der Waals surface area contributed by atoms with Crippen LogP contribution in [-0.2, 0) is 13.5 Å². The fraction of sp³-hybridized carbons (Fsp3) is 0.667. The Morgan fingerprint density at radius 3 is 2.50 bits per heavy atom. The van der Waals surface area contributed by atoms with Crippen molar-refractivity contribution < 1.29 is 9.90 Å². The fourth-order valence-corrected chi connectivity index (χ4v) is 2.15. The van der Waals surface area contributed by atoms with Gasteiger partial charge in [0.05, 0.1) is 0 Å². The third-order valence-corrected chi connectivity index (χ3v) is 3.44. The summed E-state index contributed by atoms with van der Waals surface area (Å²) in [5, 5.41) is 14.6. The predicted octanol–water partition coefficient (Wildman–Crippen LogP) is 1.81. The molecule has 1 aromatic heterocycles. The number of aromatic nitrogens is 1. The first-order chi connectivity index (χ1) is 9.52. The van der Waals surface area contributed by atoms with Crippen molar-refractivity contribution in [2.45, 2.75) is 51.6 Å². The van der Waals surface area contributed by atoms with E-state index in [1.165, 1.54) is 5.69 Å². The van der Waals surface area contributed by atoms with Crippen molar-refractivity contribution in [3.8, 4) is 0 Å². The molecule has 0 spiro atoms. The number of carbonyl (C=O) groups is 1. The van der Waals surface area contributed by atoms with E-state index in [9.17, 15) is 4.79 Å². The summed E-state index contributed by atoms with van der Waals surface area (Å²) in [6, 6.07) is 4.22. The van der Waals surface area contributed by atoms with Gasteiger partial charge >= 0.3 is 6.03 Å². The smallest absolute Gasteiger partial charge is 0.315 e. The van der Waals surface area contributed by atoms with Crippen molar-refractivity contribution in [2.75, 3.05) is 6.61 Å². The second kappa shape index (κ2) is 8.64. The van der Waals surface area contributed by atoms with E-state index >= 15 is 0 Å². The first kappa shape index (κ1) is 16.6. The van der Waals surface area contributed by atoms with Crippen LogP contribution in [0.25, 0.3) is 0 Å². The van der Waals surface area contributed by atoms with E-state index in [0.717, 1.165) is 19.3 Å². The topological polar surface area (TPSA) is 66.3 Å². The number of carbonyl (C=O) groups excluding carboxylic acids is 1. The summed E-state index contributed by atoms with van der Waals surface area (Å²) in [7, 11) is 2.03. The first-order valence-corrected chi connectivity index (χ1v) is 7.31. The van der Waals surface area contributed by atoms with Crippen molar-refractivity contribution in [1.29, 1.82) is 0 Å². The third-order valence-electron chi connectivity index (χ3n) is 3.44. The van der Waals surface area contributed by atoms with E-state index in [1.54, 1.807) is 0 Å². The molecule has 0 radical (unpaired) electrons. The van der Waals surface area contributed by atoms with E-state index in [-0.39, 0.29) is 24.7 Å². The Morgan fingerprint density at radius 2 is 1.95 bits per heavy atom. The lowest BCUT2D eigenvalue weighted by Crippen LogP contribution is -2.44. The van der Waals surface area contributed by atoms with Crippen molar-refractivity contribution in [1.82, 2.24) is 15.2 Å². The van der Waals surface area contributed by atoms with E-state index < -0.39 is 0 Å². The van der Waals surface area contributed by atoms with Crippen molar-refractivity contribution >= 4 is 6.03 Å². The van der Waals surface area contributed by atoms with E-state index in [4.69, 9.17) is 5.11 Å². The van der Waals surface area contributed by atoms with Crippen LogP contribution >= 0.6 is 0 Å². The molecule has 0 saturated carbocycles. The number of nitrogens with zero attached hydrogens (tertiary/aromatic N) is 1. The minimum Gasteiger partial charge on any atom is -0.396 e. The standard InChI is InChI=1S/C15H27N3O2/c1-12(6-5-11-19)16-15(20)17-13(2)8-9-14-7-4-10-18(14)3/h4,7,10,12-13,19H,5-6,8-9,11H2,1-3H3,(H2,16,17,20). The van der Waals surface area contributed by atoms with Crippen LogP contribution in [0.1, 0.15) is 38.8 Å². The summed E-state index contributed by atoms with van der Waals surface area (Å²) in [6.45, 7) is 4.13. The summed E-state index contributed by atoms with van der Waals surface area (Å²) in [5.41, 5.74) is 1.27. The van der Waals surface area contributed by atoms with Crippen LogP contribution in [0, 0.1) is 0 Å². The molecule has 20 heavy (non-hydrogen) atoms. The second-order valence-electron chi connectivity index (χ2n) is 5.43. The minimum absolute atomic E-state index is 0.0854. The van der Waals surface area contributed by atoms with Gasteiger partial charge in [0.15, 0.2) is 0 Å². The zero-order chi connectivity index (χ0) is 15.0. The normalized spacial score (nSPS) is 13.8. The van der Waals surface area contributed by atoms with E-state index in [1.807, 2.05) is 33.2 Å². The highest BCUT2D eigenvalue weighted by Crippen LogP contribution is 2.05. The molecule has 3 N–H and O–H groups in total. The minimum atomic E-state index is -0.130. The number of rotatable bonds is 8. The molecule has 0 aliphatic rings. The summed E-state index contributed by atoms with van der Waals surface area (Å²) in [4.78, 5) is 11.8. The van der Waals surface area contributed by atoms with Gasteiger partial charge in [-0.1, -0.05) is 0 Å². The van der Waals surface area contributed by atoms with E-state index in [2.05, 4.69) is 21.3 Å². The number of hydrogen-bond acceptors (Lipinski definition) is 2. The average molecular weight is 281 g/mol. The Balaban J connectivity index is 2.22. The molecule has 2 amide bonds. The largest absolute Gasteiger partial charge is 0.396 e. The van der Waals surface area contributed by atoms with Gasteiger partial charge in [0.2, 0.25) is 0 Å². The van der Waals surface area contributed by atoms with Gasteiger partial charge in [0, 0.05) is 37.6 Å². The summed E-state index contributed by atoms with van der Waals surface area (Å²) in [5.74, 6) is 0. The Morgan fingerprint density at radius 1 is 1.30 bits per heavy atom. The highest BCUT2D eigenvalue weighted by Gasteiger charge is 2.10. The number of hydrogen-bond donors (Lipinski definition) is 3. The molecule has 5 nitrogen and oxygen atoms in total. The van der Waals surface area contributed by atoms with Gasteiger partial charge in [-0.25, -0.2) is 4.79 Å². The quantitative estimate of drug-likeness (QED) is 0.680. The lowest BCUT2D eigenvalue weighted by atomic mass is 10.1. The fourth-order valence-electron chi connectivity index (χ4n) is 2.15. The molecule has 2 unspecified atom stereocenters. The molecule has 0 aliphatic carbocycles. The van der Waals surface area contributed by atoms with Gasteiger partial charge in [-0.05, 0) is 51.7 Å². The highest BCUT2D eigenvalue weighted by atomic mass is 16.3. The van der Waals surface area contributed by atoms with Crippen molar-refractivity contribution in [3.63, 3.8) is 0 Å². The van der Waals surface area contributed by atoms with Crippen LogP contribution in [0.5, 0.6) is 0 Å². The molecule has 114 valence electrons. The molecule has 1 aromatic rings. The number of aryl methyl sites for hydroxylation is 2. The second-order valence-corrected chi connectivity index (χ2v) is 5.43. The maximum absolute atomic E-state index is 11.8. The van der Waals surface area contributed by atoms with Crippen LogP contribution in [0.4, 0.5) is 4.79 Å². The zero-order valence-corrected chi connectivity index (χ0v) is 12.7. The molecule has 0 saturated heterocycles. The van der Waals surface area contributed by atoms with Crippen molar-refractivity contribution in [2.24, 2.45) is 7.05 Å². The average Bonchev–Trinajstić information content (AvgIpc) is 2.79. The van der Waals surface area contributed by atoms with Gasteiger partial charge in [-0.2, -0.15) is 0 Å². The van der Waals surface area contributed by atoms with E-state index in [0.29, 0.717) is 6.42 Å². The molecule has 2 atom stereocenters. The summed E-state index contributed by atoms with van der Waals surface area (Å²) < 4.78 is 2.10. The van der Waals surface area contributed by atoms with Crippen LogP contribution in [-0.4, -0.2) is 34.4 Å². The zero-order valence-electron chi connectivity index (χ0n) is 12.7. The maximum Gasteiger partial charge on any atom is 0.315 e. The number of aliphatic hydroxyl groups is 1. The van der Waals surface area contributed by atoms with Gasteiger partial charge in [0.25, 0.3) is 0 Å². The molecule has 1 heterocycles. The maximum atomic E-state index is 11.8. The molecule has 5 heteroatoms. The number of nitrogens with one attached hydrogen (secondary N) is 2. The number of urea groups is 1. The predicted molar refractivity (Wildman–Crippen MR) is 80.6 cm³/mol. The molecule has 1 rings (SSSR count). The third kappa shape index (κ3) is 6.10. The van der Waals surface area contributed by atoms with Gasteiger partial charge in [-0.15, -0.1) is 0 Å². The Bertz CT molecular complexity index is 404. The molecule has 0 fully saturated rings. The number of aliphatic hydroxyl groups excluding tert-OH is 1. The molecular formula is C15H27N3O2. The van der Waals surface area contributed by atoms with Crippen LogP contribution < -0.4 is 10.6 Å². The van der Waals surface area contributed by atoms with Gasteiger partial charge < -0.3 is 20.3 Å². The van der Waals surface area contributed by atoms with Crippen LogP contribution in [0.3, 0.4) is 0 Å². The first-order valence-electron chi connectivity index (χ1n) is 7.31. The number of amides is 2. The Hall–Kier alpha value is -1.49. The molecule has 0 aromatic carbocycles. The lowest BCUT2D eigenvalue weighted by Gasteiger charge is -2.18. The highest BCUT2D eigenvalue weighted by molar-refractivity contribution is 5.74. The molecule has 0 aliphatic heterocycles. The summed E-state index contributed by atoms with van der Waals surface area (Å²) >= 11 is 0. The summed E-state index contributed by atoms with van der Waals surface area (Å²) in [6.07, 6.45) is 5.40. The molecular weight excluding hydrogens is 254 g/mol. The van der Waals surface area contributed by atoms with Crippen molar-refractivity contribution in [3.05, 3.63) is 24.0 Å². The molecule has 0 bridgehead atoms. The lowest BCUT2D eigenvalue weighted by molar-refractivity contribution is 0.230. The van der Waals surface area contributed by atoms with Crippen LogP contribution in [0.2, 0.25) is 0 Å². The monoisotopic (exact) mass is 281 g/mol. The Kier molecular flexibility index (Phi) is 7.15. The van der Waals surface area contributed by atoms with Crippen LogP contribution in [0.15, 0.2) is 18.3 Å². The SMILES string of the molecule is CC(CCCO)NC(=O)NC(C)CCc1cccn1C. The Labute approximate surface area is 121 Å².